The summed E-state index contributed by atoms with van der Waals surface area (Å²) in [5, 5.41) is 10.7. The smallest absolute Gasteiger partial charge is 0.168 e. The Balaban J connectivity index is 2.72. The fourth-order valence-corrected chi connectivity index (χ4v) is 1.89. The van der Waals surface area contributed by atoms with Gasteiger partial charge >= 0.3 is 0 Å². The van der Waals surface area contributed by atoms with Crippen LogP contribution in [-0.4, -0.2) is 21.6 Å². The number of nitrogens with zero attached hydrogens (tertiary/aromatic N) is 1. The molecule has 0 spiro atoms. The topological polar surface area (TPSA) is 32.6 Å². The molecule has 10 heavy (non-hydrogen) atoms. The average Bonchev–Trinajstić information content (AvgIpc) is 2.13. The maximum atomic E-state index is 9.73. The second-order valence-corrected chi connectivity index (χ2v) is 4.12. The summed E-state index contributed by atoms with van der Waals surface area (Å²) in [7, 11) is 0. The molecular weight excluding hydrogens is 146 g/mol. The van der Waals surface area contributed by atoms with E-state index < -0.39 is 5.72 Å². The largest absolute Gasteiger partial charge is 0.368 e. The van der Waals surface area contributed by atoms with Gasteiger partial charge in [0, 0.05) is 11.7 Å². The van der Waals surface area contributed by atoms with E-state index in [2.05, 4.69) is 4.99 Å². The number of hydrogen-bond donors (Lipinski definition) is 1. The molecule has 0 saturated heterocycles. The first-order valence-electron chi connectivity index (χ1n) is 3.46. The Labute approximate surface area is 65.7 Å². The molecule has 1 aliphatic rings. The van der Waals surface area contributed by atoms with Crippen molar-refractivity contribution in [1.82, 2.24) is 0 Å². The van der Waals surface area contributed by atoms with Crippen LogP contribution in [0.25, 0.3) is 0 Å². The van der Waals surface area contributed by atoms with E-state index in [0.29, 0.717) is 0 Å². The highest BCUT2D eigenvalue weighted by atomic mass is 32.2. The van der Waals surface area contributed by atoms with Crippen molar-refractivity contribution in [3.8, 4) is 0 Å². The fourth-order valence-electron chi connectivity index (χ4n) is 0.844. The van der Waals surface area contributed by atoms with Gasteiger partial charge in [-0.05, 0) is 6.92 Å². The SMILES string of the molecule is CC1=NC(O)(C(C)C)CS1. The minimum absolute atomic E-state index is 0.220. The molecule has 0 aliphatic carbocycles. The molecule has 0 fully saturated rings. The predicted octanol–water partition coefficient (Wildman–Crippen LogP) is 1.50. The van der Waals surface area contributed by atoms with E-state index in [-0.39, 0.29) is 5.92 Å². The van der Waals surface area contributed by atoms with Gasteiger partial charge < -0.3 is 5.11 Å². The van der Waals surface area contributed by atoms with Crippen molar-refractivity contribution >= 4 is 16.8 Å². The van der Waals surface area contributed by atoms with Crippen LogP contribution in [0.5, 0.6) is 0 Å². The van der Waals surface area contributed by atoms with E-state index >= 15 is 0 Å². The quantitative estimate of drug-likeness (QED) is 0.629. The van der Waals surface area contributed by atoms with Crippen LogP contribution in [0, 0.1) is 5.92 Å². The molecule has 1 N–H and O–H groups in total. The van der Waals surface area contributed by atoms with Crippen molar-refractivity contribution in [2.24, 2.45) is 10.9 Å². The molecule has 1 atom stereocenters. The first kappa shape index (κ1) is 8.08. The zero-order valence-electron chi connectivity index (χ0n) is 6.59. The Morgan fingerprint density at radius 3 is 2.50 bits per heavy atom. The second kappa shape index (κ2) is 2.55. The molecule has 0 aromatic heterocycles. The maximum absolute atomic E-state index is 9.73. The van der Waals surface area contributed by atoms with Crippen molar-refractivity contribution in [3.05, 3.63) is 0 Å². The Bertz CT molecular complexity index is 167. The molecule has 0 radical (unpaired) electrons. The summed E-state index contributed by atoms with van der Waals surface area (Å²) in [6.07, 6.45) is 0. The lowest BCUT2D eigenvalue weighted by atomic mass is 10.0. The summed E-state index contributed by atoms with van der Waals surface area (Å²) in [6, 6.07) is 0. The highest BCUT2D eigenvalue weighted by Gasteiger charge is 2.34. The molecule has 58 valence electrons. The van der Waals surface area contributed by atoms with Crippen LogP contribution in [0.3, 0.4) is 0 Å². The summed E-state index contributed by atoms with van der Waals surface area (Å²) < 4.78 is 0. The highest BCUT2D eigenvalue weighted by molar-refractivity contribution is 8.14. The van der Waals surface area contributed by atoms with Gasteiger partial charge in [0.1, 0.15) is 0 Å². The monoisotopic (exact) mass is 159 g/mol. The molecule has 0 aromatic carbocycles. The second-order valence-electron chi connectivity index (χ2n) is 2.95. The zero-order chi connectivity index (χ0) is 7.78. The van der Waals surface area contributed by atoms with Crippen LogP contribution in [-0.2, 0) is 0 Å². The van der Waals surface area contributed by atoms with Crippen LogP contribution < -0.4 is 0 Å². The van der Waals surface area contributed by atoms with Crippen LogP contribution in [0.15, 0.2) is 4.99 Å². The molecule has 1 heterocycles. The standard InChI is InChI=1S/C7H13NOS/c1-5(2)7(9)4-10-6(3)8-7/h5,9H,4H2,1-3H3. The van der Waals surface area contributed by atoms with Crippen molar-refractivity contribution in [2.75, 3.05) is 5.75 Å². The lowest BCUT2D eigenvalue weighted by Gasteiger charge is -2.22. The van der Waals surface area contributed by atoms with E-state index in [1.807, 2.05) is 20.8 Å². The summed E-state index contributed by atoms with van der Waals surface area (Å²) >= 11 is 1.63. The van der Waals surface area contributed by atoms with Gasteiger partial charge in [-0.25, -0.2) is 4.99 Å². The van der Waals surface area contributed by atoms with Crippen molar-refractivity contribution in [3.63, 3.8) is 0 Å². The van der Waals surface area contributed by atoms with Crippen molar-refractivity contribution < 1.29 is 5.11 Å². The van der Waals surface area contributed by atoms with Crippen LogP contribution in [0.4, 0.5) is 0 Å². The lowest BCUT2D eigenvalue weighted by molar-refractivity contribution is 0.0302. The molecule has 0 bridgehead atoms. The van der Waals surface area contributed by atoms with E-state index in [0.717, 1.165) is 10.8 Å². The number of rotatable bonds is 1. The Morgan fingerprint density at radius 1 is 1.70 bits per heavy atom. The van der Waals surface area contributed by atoms with Gasteiger partial charge in [-0.2, -0.15) is 0 Å². The minimum Gasteiger partial charge on any atom is -0.368 e. The number of hydrogen-bond acceptors (Lipinski definition) is 3. The van der Waals surface area contributed by atoms with Crippen molar-refractivity contribution in [1.29, 1.82) is 0 Å². The Hall–Kier alpha value is -0.0200. The van der Waals surface area contributed by atoms with Crippen LogP contribution in [0.1, 0.15) is 20.8 Å². The lowest BCUT2D eigenvalue weighted by Crippen LogP contribution is -2.32. The van der Waals surface area contributed by atoms with Gasteiger partial charge in [0.2, 0.25) is 0 Å². The zero-order valence-corrected chi connectivity index (χ0v) is 7.40. The van der Waals surface area contributed by atoms with E-state index in [1.54, 1.807) is 11.8 Å². The van der Waals surface area contributed by atoms with E-state index in [9.17, 15) is 5.11 Å². The molecule has 2 nitrogen and oxygen atoms in total. The Kier molecular flexibility index (Phi) is 2.06. The third kappa shape index (κ3) is 1.35. The van der Waals surface area contributed by atoms with Crippen molar-refractivity contribution in [2.45, 2.75) is 26.5 Å². The third-order valence-corrected chi connectivity index (χ3v) is 2.85. The van der Waals surface area contributed by atoms with E-state index in [1.165, 1.54) is 0 Å². The van der Waals surface area contributed by atoms with Gasteiger partial charge in [-0.3, -0.25) is 0 Å². The van der Waals surface area contributed by atoms with Gasteiger partial charge in [0.05, 0.1) is 5.04 Å². The number of aliphatic hydroxyl groups is 1. The highest BCUT2D eigenvalue weighted by Crippen LogP contribution is 2.31. The van der Waals surface area contributed by atoms with Gasteiger partial charge in [0.15, 0.2) is 5.72 Å². The predicted molar refractivity (Wildman–Crippen MR) is 45.4 cm³/mol. The van der Waals surface area contributed by atoms with Crippen LogP contribution >= 0.6 is 11.8 Å². The maximum Gasteiger partial charge on any atom is 0.168 e. The molecule has 1 aliphatic heterocycles. The summed E-state index contributed by atoms with van der Waals surface area (Å²) in [5.41, 5.74) is -0.783. The number of aliphatic imine (C=N–C) groups is 1. The van der Waals surface area contributed by atoms with Gasteiger partial charge in [-0.1, -0.05) is 13.8 Å². The summed E-state index contributed by atoms with van der Waals surface area (Å²) in [4.78, 5) is 4.16. The average molecular weight is 159 g/mol. The Morgan fingerprint density at radius 2 is 2.30 bits per heavy atom. The fraction of sp³-hybridized carbons (Fsp3) is 0.857. The molecule has 0 aromatic rings. The number of thioether (sulfide) groups is 1. The molecule has 0 amide bonds. The van der Waals surface area contributed by atoms with Crippen LogP contribution in [0.2, 0.25) is 0 Å². The molecule has 1 rings (SSSR count). The first-order chi connectivity index (χ1) is 4.54. The minimum atomic E-state index is -0.783. The molecule has 1 unspecified atom stereocenters. The summed E-state index contributed by atoms with van der Waals surface area (Å²) in [5.74, 6) is 0.939. The van der Waals surface area contributed by atoms with E-state index in [4.69, 9.17) is 0 Å². The molecule has 0 saturated carbocycles. The third-order valence-electron chi connectivity index (χ3n) is 1.77. The summed E-state index contributed by atoms with van der Waals surface area (Å²) in [6.45, 7) is 5.91. The molecular formula is C7H13NOS. The first-order valence-corrected chi connectivity index (χ1v) is 4.45. The molecule has 3 heteroatoms. The van der Waals surface area contributed by atoms with Gasteiger partial charge in [-0.15, -0.1) is 11.8 Å². The van der Waals surface area contributed by atoms with Gasteiger partial charge in [0.25, 0.3) is 0 Å². The normalized spacial score (nSPS) is 33.1.